The van der Waals surface area contributed by atoms with Crippen molar-refractivity contribution in [3.8, 4) is 0 Å². The van der Waals surface area contributed by atoms with E-state index in [0.717, 1.165) is 18.2 Å². The van der Waals surface area contributed by atoms with Crippen LogP contribution in [-0.4, -0.2) is 26.5 Å². The third-order valence-electron chi connectivity index (χ3n) is 5.18. The Morgan fingerprint density at radius 1 is 1.16 bits per heavy atom. The van der Waals surface area contributed by atoms with Gasteiger partial charge in [0.2, 0.25) is 5.95 Å². The van der Waals surface area contributed by atoms with Gasteiger partial charge < -0.3 is 5.32 Å². The average molecular weight is 432 g/mol. The lowest BCUT2D eigenvalue weighted by atomic mass is 9.84. The first-order valence-electron chi connectivity index (χ1n) is 9.38. The Balaban J connectivity index is 1.63. The highest BCUT2D eigenvalue weighted by molar-refractivity contribution is 6.10. The molecule has 0 aliphatic carbocycles. The number of anilines is 1. The number of pyridine rings is 1. The monoisotopic (exact) mass is 432 g/mol. The summed E-state index contributed by atoms with van der Waals surface area (Å²) in [6, 6.07) is 7.98. The first kappa shape index (κ1) is 20.7. The number of carbonyl (C=O) groups is 2. The number of Topliss-reactive ketones (excluding diaryl/α,β-unsaturated/α-hetero) is 1. The van der Waals surface area contributed by atoms with Gasteiger partial charge in [-0.05, 0) is 43.2 Å². The molecule has 2 aromatic heterocycles. The summed E-state index contributed by atoms with van der Waals surface area (Å²) in [5.74, 6) is -2.61. The van der Waals surface area contributed by atoms with E-state index in [1.165, 1.54) is 35.1 Å². The lowest BCUT2D eigenvalue weighted by Crippen LogP contribution is -2.29. The van der Waals surface area contributed by atoms with Crippen molar-refractivity contribution in [2.75, 3.05) is 5.32 Å². The number of hydrogen-bond donors (Lipinski definition) is 1. The second kappa shape index (κ2) is 7.60. The van der Waals surface area contributed by atoms with Crippen LogP contribution in [0.4, 0.5) is 23.2 Å². The summed E-state index contributed by atoms with van der Waals surface area (Å²) in [7, 11) is 0. The minimum Gasteiger partial charge on any atom is -0.317 e. The van der Waals surface area contributed by atoms with Gasteiger partial charge in [-0.3, -0.25) is 14.3 Å². The van der Waals surface area contributed by atoms with Gasteiger partial charge in [-0.1, -0.05) is 18.2 Å². The van der Waals surface area contributed by atoms with Crippen molar-refractivity contribution < 1.29 is 27.2 Å². The number of amides is 1. The van der Waals surface area contributed by atoms with Crippen LogP contribution in [0.3, 0.4) is 0 Å². The minimum absolute atomic E-state index is 0.129. The zero-order valence-electron chi connectivity index (χ0n) is 16.2. The molecular weight excluding hydrogens is 416 g/mol. The SMILES string of the molecule is C[C@H]1CC(c2ccc(C(F)(F)F)cc2)C(=O)c2c(NC(=O)c3cccc(F)n3)cnn21. The molecule has 31 heavy (non-hydrogen) atoms. The summed E-state index contributed by atoms with van der Waals surface area (Å²) in [6.45, 7) is 1.82. The molecule has 0 bridgehead atoms. The summed E-state index contributed by atoms with van der Waals surface area (Å²) in [4.78, 5) is 29.1. The smallest absolute Gasteiger partial charge is 0.317 e. The number of ketones is 1. The van der Waals surface area contributed by atoms with E-state index < -0.39 is 29.5 Å². The third kappa shape index (κ3) is 3.92. The molecule has 10 heteroatoms. The second-order valence-corrected chi connectivity index (χ2v) is 7.27. The molecule has 0 radical (unpaired) electrons. The van der Waals surface area contributed by atoms with E-state index in [0.29, 0.717) is 12.0 Å². The molecule has 1 aliphatic heterocycles. The largest absolute Gasteiger partial charge is 0.416 e. The molecule has 1 aliphatic rings. The van der Waals surface area contributed by atoms with E-state index in [1.54, 1.807) is 0 Å². The minimum atomic E-state index is -4.47. The Morgan fingerprint density at radius 2 is 1.87 bits per heavy atom. The van der Waals surface area contributed by atoms with E-state index in [4.69, 9.17) is 0 Å². The van der Waals surface area contributed by atoms with Crippen LogP contribution in [0.2, 0.25) is 0 Å². The second-order valence-electron chi connectivity index (χ2n) is 7.27. The zero-order valence-corrected chi connectivity index (χ0v) is 16.2. The molecule has 160 valence electrons. The molecule has 1 amide bonds. The molecule has 1 aromatic carbocycles. The highest BCUT2D eigenvalue weighted by atomic mass is 19.4. The fourth-order valence-electron chi connectivity index (χ4n) is 3.66. The highest BCUT2D eigenvalue weighted by Gasteiger charge is 2.37. The zero-order chi connectivity index (χ0) is 22.3. The van der Waals surface area contributed by atoms with E-state index in [9.17, 15) is 27.2 Å². The summed E-state index contributed by atoms with van der Waals surface area (Å²) >= 11 is 0. The maximum Gasteiger partial charge on any atom is 0.416 e. The standard InChI is InChI=1S/C21H16F4N4O2/c1-11-9-14(12-5-7-13(8-6-12)21(23,24)25)19(30)18-16(10-26-29(11)18)28-20(31)15-3-2-4-17(22)27-15/h2-8,10-11,14H,9H2,1H3,(H,28,31)/t11-,14?/m0/s1. The first-order chi connectivity index (χ1) is 14.6. The molecule has 0 fully saturated rings. The van der Waals surface area contributed by atoms with Gasteiger partial charge in [0.25, 0.3) is 5.91 Å². The topological polar surface area (TPSA) is 76.9 Å². The van der Waals surface area contributed by atoms with Crippen LogP contribution in [0.25, 0.3) is 0 Å². The van der Waals surface area contributed by atoms with Crippen molar-refractivity contribution in [1.29, 1.82) is 0 Å². The molecule has 4 rings (SSSR count). The average Bonchev–Trinajstić information content (AvgIpc) is 3.14. The van der Waals surface area contributed by atoms with Crippen molar-refractivity contribution in [3.63, 3.8) is 0 Å². The molecule has 0 saturated heterocycles. The van der Waals surface area contributed by atoms with Gasteiger partial charge in [0, 0.05) is 0 Å². The van der Waals surface area contributed by atoms with Gasteiger partial charge in [0.15, 0.2) is 5.78 Å². The lowest BCUT2D eigenvalue weighted by molar-refractivity contribution is -0.137. The van der Waals surface area contributed by atoms with Crippen LogP contribution >= 0.6 is 0 Å². The number of hydrogen-bond acceptors (Lipinski definition) is 4. The number of carbonyl (C=O) groups excluding carboxylic acids is 2. The van der Waals surface area contributed by atoms with Gasteiger partial charge in [-0.2, -0.15) is 22.7 Å². The predicted octanol–water partition coefficient (Wildman–Crippen LogP) is 4.62. The molecule has 0 saturated carbocycles. The summed E-state index contributed by atoms with van der Waals surface area (Å²) in [6.07, 6.45) is -2.81. The van der Waals surface area contributed by atoms with Gasteiger partial charge in [0.05, 0.1) is 29.4 Å². The van der Waals surface area contributed by atoms with Crippen LogP contribution in [0.5, 0.6) is 0 Å². The van der Waals surface area contributed by atoms with Gasteiger partial charge in [0.1, 0.15) is 11.4 Å². The van der Waals surface area contributed by atoms with Crippen molar-refractivity contribution >= 4 is 17.4 Å². The quantitative estimate of drug-likeness (QED) is 0.484. The number of nitrogens with zero attached hydrogens (tertiary/aromatic N) is 3. The van der Waals surface area contributed by atoms with E-state index in [2.05, 4.69) is 15.4 Å². The maximum atomic E-state index is 13.3. The normalized spacial score (nSPS) is 18.5. The summed E-state index contributed by atoms with van der Waals surface area (Å²) < 4.78 is 53.3. The molecular formula is C21H16F4N4O2. The molecule has 3 heterocycles. The van der Waals surface area contributed by atoms with E-state index in [-0.39, 0.29) is 28.9 Å². The Kier molecular flexibility index (Phi) is 5.08. The molecule has 1 N–H and O–H groups in total. The third-order valence-corrected chi connectivity index (χ3v) is 5.18. The first-order valence-corrected chi connectivity index (χ1v) is 9.38. The number of halogens is 4. The lowest BCUT2D eigenvalue weighted by Gasteiger charge is -2.28. The maximum absolute atomic E-state index is 13.3. The van der Waals surface area contributed by atoms with Gasteiger partial charge >= 0.3 is 6.18 Å². The van der Waals surface area contributed by atoms with Crippen LogP contribution in [0.1, 0.15) is 57.4 Å². The Labute approximate surface area is 173 Å². The van der Waals surface area contributed by atoms with Crippen molar-refractivity contribution in [2.45, 2.75) is 31.5 Å². The number of fused-ring (bicyclic) bond motifs is 1. The molecule has 6 nitrogen and oxygen atoms in total. The number of nitrogens with one attached hydrogen (secondary N) is 1. The van der Waals surface area contributed by atoms with Crippen LogP contribution in [-0.2, 0) is 6.18 Å². The van der Waals surface area contributed by atoms with Crippen LogP contribution in [0.15, 0.2) is 48.7 Å². The predicted molar refractivity (Wildman–Crippen MR) is 102 cm³/mol. The Morgan fingerprint density at radius 3 is 2.52 bits per heavy atom. The van der Waals surface area contributed by atoms with Gasteiger partial charge in [-0.25, -0.2) is 4.98 Å². The number of rotatable bonds is 3. The summed E-state index contributed by atoms with van der Waals surface area (Å²) in [5.41, 5.74) is -0.261. The van der Waals surface area contributed by atoms with Crippen molar-refractivity contribution in [2.24, 2.45) is 0 Å². The van der Waals surface area contributed by atoms with Crippen molar-refractivity contribution in [1.82, 2.24) is 14.8 Å². The van der Waals surface area contributed by atoms with Crippen LogP contribution in [0, 0.1) is 5.95 Å². The molecule has 3 aromatic rings. The fourth-order valence-corrected chi connectivity index (χ4v) is 3.66. The molecule has 0 spiro atoms. The van der Waals surface area contributed by atoms with E-state index >= 15 is 0 Å². The van der Waals surface area contributed by atoms with Gasteiger partial charge in [-0.15, -0.1) is 0 Å². The molecule has 1 unspecified atom stereocenters. The number of benzene rings is 1. The number of aromatic nitrogens is 3. The highest BCUT2D eigenvalue weighted by Crippen LogP contribution is 2.39. The van der Waals surface area contributed by atoms with Crippen LogP contribution < -0.4 is 5.32 Å². The Hall–Kier alpha value is -3.56. The molecule has 2 atom stereocenters. The fraction of sp³-hybridized carbons (Fsp3) is 0.238. The number of alkyl halides is 3. The van der Waals surface area contributed by atoms with E-state index in [1.807, 2.05) is 6.92 Å². The Bertz CT molecular complexity index is 1150. The summed E-state index contributed by atoms with van der Waals surface area (Å²) in [5, 5.41) is 6.69. The van der Waals surface area contributed by atoms with Crippen molar-refractivity contribution in [3.05, 3.63) is 77.1 Å².